The fourth-order valence-corrected chi connectivity index (χ4v) is 3.21. The van der Waals surface area contributed by atoms with Gasteiger partial charge < -0.3 is 5.11 Å². The van der Waals surface area contributed by atoms with E-state index in [1.54, 1.807) is 12.1 Å². The van der Waals surface area contributed by atoms with Gasteiger partial charge in [-0.15, -0.1) is 0 Å². The third-order valence-corrected chi connectivity index (χ3v) is 4.45. The van der Waals surface area contributed by atoms with Gasteiger partial charge in [0.2, 0.25) is 10.0 Å². The van der Waals surface area contributed by atoms with Crippen LogP contribution in [0.1, 0.15) is 19.8 Å². The van der Waals surface area contributed by atoms with Gasteiger partial charge in [-0.25, -0.2) is 13.1 Å². The molecule has 1 fully saturated rings. The molecule has 2 atom stereocenters. The van der Waals surface area contributed by atoms with Crippen molar-refractivity contribution in [2.24, 2.45) is 5.92 Å². The minimum atomic E-state index is -3.57. The topological polar surface area (TPSA) is 66.4 Å². The number of hydrogen-bond donors (Lipinski definition) is 2. The minimum Gasteiger partial charge on any atom is -0.507 e. The highest BCUT2D eigenvalue weighted by atomic mass is 32.2. The summed E-state index contributed by atoms with van der Waals surface area (Å²) < 4.78 is 26.4. The zero-order valence-corrected chi connectivity index (χ0v) is 9.87. The molecule has 0 aliphatic heterocycles. The van der Waals surface area contributed by atoms with Crippen molar-refractivity contribution in [2.45, 2.75) is 30.7 Å². The average molecular weight is 241 g/mol. The molecule has 1 saturated carbocycles. The lowest BCUT2D eigenvalue weighted by atomic mass is 10.3. The summed E-state index contributed by atoms with van der Waals surface area (Å²) in [5, 5.41) is 9.48. The third-order valence-electron chi connectivity index (χ3n) is 2.91. The van der Waals surface area contributed by atoms with Crippen molar-refractivity contribution >= 4 is 10.0 Å². The number of rotatable bonds is 4. The molecule has 16 heavy (non-hydrogen) atoms. The first-order chi connectivity index (χ1) is 7.54. The lowest BCUT2D eigenvalue weighted by molar-refractivity contribution is 0.457. The summed E-state index contributed by atoms with van der Waals surface area (Å²) in [6, 6.07) is 6.01. The van der Waals surface area contributed by atoms with Gasteiger partial charge >= 0.3 is 0 Å². The first-order valence-electron chi connectivity index (χ1n) is 5.35. The van der Waals surface area contributed by atoms with Crippen molar-refractivity contribution in [1.29, 1.82) is 0 Å². The van der Waals surface area contributed by atoms with E-state index in [1.165, 1.54) is 12.1 Å². The smallest absolute Gasteiger partial charge is 0.244 e. The number of nitrogens with one attached hydrogen (secondary N) is 1. The molecule has 5 heteroatoms. The highest BCUT2D eigenvalue weighted by Gasteiger charge is 2.39. The molecule has 0 amide bonds. The van der Waals surface area contributed by atoms with Crippen LogP contribution in [0.15, 0.2) is 29.2 Å². The normalized spacial score (nSPS) is 24.3. The summed E-state index contributed by atoms with van der Waals surface area (Å²) in [4.78, 5) is -0.0447. The third kappa shape index (κ3) is 2.20. The minimum absolute atomic E-state index is 0.0367. The van der Waals surface area contributed by atoms with Crippen LogP contribution in [-0.4, -0.2) is 19.6 Å². The summed E-state index contributed by atoms with van der Waals surface area (Å²) in [5.41, 5.74) is 0. The molecule has 0 radical (unpaired) electrons. The van der Waals surface area contributed by atoms with Crippen LogP contribution in [0.5, 0.6) is 5.75 Å². The van der Waals surface area contributed by atoms with E-state index in [4.69, 9.17) is 0 Å². The Morgan fingerprint density at radius 3 is 2.69 bits per heavy atom. The second kappa shape index (κ2) is 4.07. The average Bonchev–Trinajstić information content (AvgIpc) is 2.96. The molecular weight excluding hydrogens is 226 g/mol. The Labute approximate surface area is 95.4 Å². The van der Waals surface area contributed by atoms with Gasteiger partial charge in [0.15, 0.2) is 0 Å². The Kier molecular flexibility index (Phi) is 2.90. The van der Waals surface area contributed by atoms with Gasteiger partial charge in [0.25, 0.3) is 0 Å². The molecular formula is C11H15NO3S. The lowest BCUT2D eigenvalue weighted by Crippen LogP contribution is -2.27. The standard InChI is InChI=1S/C11H15NO3S/c1-2-8-7-9(8)12-16(14,15)11-6-4-3-5-10(11)13/h3-6,8-9,12-13H,2,7H2,1H3. The summed E-state index contributed by atoms with van der Waals surface area (Å²) >= 11 is 0. The maximum absolute atomic E-state index is 11.9. The molecule has 2 N–H and O–H groups in total. The number of sulfonamides is 1. The molecule has 1 aliphatic rings. The van der Waals surface area contributed by atoms with Crippen molar-refractivity contribution in [3.8, 4) is 5.75 Å². The molecule has 1 aliphatic carbocycles. The number of hydrogen-bond acceptors (Lipinski definition) is 3. The summed E-state index contributed by atoms with van der Waals surface area (Å²) in [6.45, 7) is 2.04. The van der Waals surface area contributed by atoms with Crippen LogP contribution in [-0.2, 0) is 10.0 Å². The molecule has 4 nitrogen and oxygen atoms in total. The van der Waals surface area contributed by atoms with Crippen LogP contribution < -0.4 is 4.72 Å². The Morgan fingerprint density at radius 2 is 2.12 bits per heavy atom. The largest absolute Gasteiger partial charge is 0.507 e. The van der Waals surface area contributed by atoms with Crippen LogP contribution in [0.25, 0.3) is 0 Å². The highest BCUT2D eigenvalue weighted by molar-refractivity contribution is 7.89. The molecule has 2 rings (SSSR count). The number of aromatic hydroxyl groups is 1. The van der Waals surface area contributed by atoms with Gasteiger partial charge in [0.05, 0.1) is 0 Å². The Hall–Kier alpha value is -1.07. The van der Waals surface area contributed by atoms with Crippen molar-refractivity contribution < 1.29 is 13.5 Å². The molecule has 2 unspecified atom stereocenters. The first-order valence-corrected chi connectivity index (χ1v) is 6.83. The van der Waals surface area contributed by atoms with Gasteiger partial charge in [-0.05, 0) is 24.5 Å². The summed E-state index contributed by atoms with van der Waals surface area (Å²) in [7, 11) is -3.57. The zero-order valence-electron chi connectivity index (χ0n) is 9.05. The van der Waals surface area contributed by atoms with Crippen molar-refractivity contribution in [1.82, 2.24) is 4.72 Å². The van der Waals surface area contributed by atoms with Crippen LogP contribution in [0, 0.1) is 5.92 Å². The number of benzene rings is 1. The number of phenols is 1. The fraction of sp³-hybridized carbons (Fsp3) is 0.455. The van der Waals surface area contributed by atoms with E-state index in [2.05, 4.69) is 4.72 Å². The van der Waals surface area contributed by atoms with E-state index >= 15 is 0 Å². The van der Waals surface area contributed by atoms with E-state index in [9.17, 15) is 13.5 Å². The van der Waals surface area contributed by atoms with E-state index in [0.717, 1.165) is 12.8 Å². The molecule has 0 saturated heterocycles. The van der Waals surface area contributed by atoms with Crippen LogP contribution in [0.2, 0.25) is 0 Å². The second-order valence-electron chi connectivity index (χ2n) is 4.10. The molecule has 0 bridgehead atoms. The first kappa shape index (κ1) is 11.4. The fourth-order valence-electron chi connectivity index (χ4n) is 1.79. The maximum atomic E-state index is 11.9. The maximum Gasteiger partial charge on any atom is 0.244 e. The number of para-hydroxylation sites is 1. The zero-order chi connectivity index (χ0) is 11.8. The molecule has 0 heterocycles. The van der Waals surface area contributed by atoms with Gasteiger partial charge in [-0.3, -0.25) is 0 Å². The molecule has 1 aromatic rings. The molecule has 0 aromatic heterocycles. The van der Waals surface area contributed by atoms with E-state index in [1.807, 2.05) is 6.92 Å². The predicted octanol–water partition coefficient (Wildman–Crippen LogP) is 1.47. The van der Waals surface area contributed by atoms with E-state index < -0.39 is 10.0 Å². The second-order valence-corrected chi connectivity index (χ2v) is 5.78. The highest BCUT2D eigenvalue weighted by Crippen LogP contribution is 2.35. The quantitative estimate of drug-likeness (QED) is 0.839. The predicted molar refractivity (Wildman–Crippen MR) is 60.6 cm³/mol. The molecule has 88 valence electrons. The Bertz CT molecular complexity index is 484. The summed E-state index contributed by atoms with van der Waals surface area (Å²) in [5.74, 6) is 0.240. The Balaban J connectivity index is 2.17. The van der Waals surface area contributed by atoms with Crippen molar-refractivity contribution in [3.63, 3.8) is 0 Å². The van der Waals surface area contributed by atoms with Crippen LogP contribution in [0.3, 0.4) is 0 Å². The van der Waals surface area contributed by atoms with Crippen LogP contribution >= 0.6 is 0 Å². The van der Waals surface area contributed by atoms with E-state index in [-0.39, 0.29) is 16.7 Å². The van der Waals surface area contributed by atoms with Crippen molar-refractivity contribution in [2.75, 3.05) is 0 Å². The monoisotopic (exact) mass is 241 g/mol. The molecule has 0 spiro atoms. The van der Waals surface area contributed by atoms with Crippen LogP contribution in [0.4, 0.5) is 0 Å². The van der Waals surface area contributed by atoms with Crippen molar-refractivity contribution in [3.05, 3.63) is 24.3 Å². The van der Waals surface area contributed by atoms with Gasteiger partial charge in [-0.2, -0.15) is 0 Å². The lowest BCUT2D eigenvalue weighted by Gasteiger charge is -2.07. The molecule has 1 aromatic carbocycles. The number of phenolic OH excluding ortho intramolecular Hbond substituents is 1. The Morgan fingerprint density at radius 1 is 1.44 bits per heavy atom. The van der Waals surface area contributed by atoms with E-state index in [0.29, 0.717) is 5.92 Å². The van der Waals surface area contributed by atoms with Gasteiger partial charge in [0, 0.05) is 6.04 Å². The van der Waals surface area contributed by atoms with Gasteiger partial charge in [-0.1, -0.05) is 25.5 Å². The SMILES string of the molecule is CCC1CC1NS(=O)(=O)c1ccccc1O. The summed E-state index contributed by atoms with van der Waals surface area (Å²) in [6.07, 6.45) is 1.87. The van der Waals surface area contributed by atoms with Gasteiger partial charge in [0.1, 0.15) is 10.6 Å².